The van der Waals surface area contributed by atoms with Crippen LogP contribution in [0.5, 0.6) is 0 Å². The highest BCUT2D eigenvalue weighted by Gasteiger charge is 2.42. The molecular formula is C21H29N5O. The number of hydrogen-bond acceptors (Lipinski definition) is 2. The predicted octanol–water partition coefficient (Wildman–Crippen LogP) is 2.28. The van der Waals surface area contributed by atoms with E-state index in [2.05, 4.69) is 57.8 Å². The second kappa shape index (κ2) is 7.62. The van der Waals surface area contributed by atoms with Crippen LogP contribution in [0.1, 0.15) is 31.9 Å². The van der Waals surface area contributed by atoms with E-state index >= 15 is 0 Å². The average molecular weight is 367 g/mol. The van der Waals surface area contributed by atoms with Crippen molar-refractivity contribution in [2.24, 2.45) is 10.4 Å². The van der Waals surface area contributed by atoms with Gasteiger partial charge in [0.25, 0.3) is 0 Å². The molecule has 144 valence electrons. The van der Waals surface area contributed by atoms with Crippen molar-refractivity contribution in [3.8, 4) is 0 Å². The number of hydrogen-bond donors (Lipinski definition) is 3. The molecule has 6 nitrogen and oxygen atoms in total. The topological polar surface area (TPSA) is 72.5 Å². The van der Waals surface area contributed by atoms with Gasteiger partial charge in [0, 0.05) is 62.2 Å². The van der Waals surface area contributed by atoms with E-state index in [4.69, 9.17) is 4.99 Å². The number of aliphatic imine (C=N–C) groups is 1. The van der Waals surface area contributed by atoms with Crippen molar-refractivity contribution in [2.75, 3.05) is 32.7 Å². The van der Waals surface area contributed by atoms with E-state index in [-0.39, 0.29) is 11.3 Å². The molecule has 27 heavy (non-hydrogen) atoms. The smallest absolute Gasteiger partial charge is 0.220 e. The highest BCUT2D eigenvalue weighted by atomic mass is 16.1. The van der Waals surface area contributed by atoms with Gasteiger partial charge in [-0.3, -0.25) is 9.79 Å². The van der Waals surface area contributed by atoms with Crippen molar-refractivity contribution in [3.05, 3.63) is 36.0 Å². The van der Waals surface area contributed by atoms with Crippen molar-refractivity contribution >= 4 is 22.8 Å². The third-order valence-corrected chi connectivity index (χ3v) is 5.72. The summed E-state index contributed by atoms with van der Waals surface area (Å²) in [6, 6.07) is 10.6. The number of aromatic amines is 1. The second-order valence-corrected chi connectivity index (χ2v) is 7.85. The number of fused-ring (bicyclic) bond motifs is 1. The Morgan fingerprint density at radius 2 is 2.26 bits per heavy atom. The van der Waals surface area contributed by atoms with Crippen LogP contribution in [0.15, 0.2) is 35.3 Å². The highest BCUT2D eigenvalue weighted by molar-refractivity contribution is 5.82. The fraction of sp³-hybridized carbons (Fsp3) is 0.524. The summed E-state index contributed by atoms with van der Waals surface area (Å²) < 4.78 is 0. The molecule has 0 aliphatic carbocycles. The molecule has 1 amide bonds. The maximum Gasteiger partial charge on any atom is 0.220 e. The lowest BCUT2D eigenvalue weighted by Crippen LogP contribution is -2.51. The number of piperidine rings is 1. The molecule has 1 atom stereocenters. The molecule has 2 aliphatic heterocycles. The Kier molecular flexibility index (Phi) is 5.05. The number of guanidine groups is 1. The summed E-state index contributed by atoms with van der Waals surface area (Å²) in [7, 11) is 0. The maximum absolute atomic E-state index is 11.7. The summed E-state index contributed by atoms with van der Waals surface area (Å²) in [6.45, 7) is 6.42. The number of carbonyl (C=O) groups is 1. The molecule has 3 N–H and O–H groups in total. The average Bonchev–Trinajstić information content (AvgIpc) is 3.24. The summed E-state index contributed by atoms with van der Waals surface area (Å²) in [5.41, 5.74) is 2.49. The van der Waals surface area contributed by atoms with Crippen molar-refractivity contribution in [2.45, 2.75) is 32.6 Å². The molecule has 0 radical (unpaired) electrons. The van der Waals surface area contributed by atoms with E-state index in [0.29, 0.717) is 6.42 Å². The van der Waals surface area contributed by atoms with Crippen molar-refractivity contribution < 1.29 is 4.79 Å². The van der Waals surface area contributed by atoms with Gasteiger partial charge in [-0.15, -0.1) is 0 Å². The summed E-state index contributed by atoms with van der Waals surface area (Å²) in [4.78, 5) is 22.4. The van der Waals surface area contributed by atoms with Crippen LogP contribution in [0, 0.1) is 5.41 Å². The number of benzene rings is 1. The van der Waals surface area contributed by atoms with Gasteiger partial charge >= 0.3 is 0 Å². The number of aromatic nitrogens is 1. The van der Waals surface area contributed by atoms with Crippen molar-refractivity contribution in [3.63, 3.8) is 0 Å². The van der Waals surface area contributed by atoms with Crippen molar-refractivity contribution in [1.82, 2.24) is 20.5 Å². The van der Waals surface area contributed by atoms with Crippen molar-refractivity contribution in [1.29, 1.82) is 0 Å². The molecule has 3 heterocycles. The summed E-state index contributed by atoms with van der Waals surface area (Å²) in [5.74, 6) is 1.17. The monoisotopic (exact) mass is 367 g/mol. The molecule has 1 spiro atoms. The van der Waals surface area contributed by atoms with Crippen LogP contribution >= 0.6 is 0 Å². The Hall–Kier alpha value is -2.50. The zero-order valence-corrected chi connectivity index (χ0v) is 16.1. The Balaban J connectivity index is 1.42. The first-order valence-electron chi connectivity index (χ1n) is 10.0. The van der Waals surface area contributed by atoms with E-state index in [1.165, 1.54) is 16.6 Å². The fourth-order valence-electron chi connectivity index (χ4n) is 4.41. The maximum atomic E-state index is 11.7. The second-order valence-electron chi connectivity index (χ2n) is 7.85. The van der Waals surface area contributed by atoms with Gasteiger partial charge in [-0.1, -0.05) is 18.2 Å². The number of amides is 1. The molecule has 2 saturated heterocycles. The lowest BCUT2D eigenvalue weighted by atomic mass is 9.79. The zero-order chi connectivity index (χ0) is 18.7. The van der Waals surface area contributed by atoms with Gasteiger partial charge in [-0.25, -0.2) is 0 Å². The third kappa shape index (κ3) is 3.94. The number of rotatable bonds is 4. The number of nitrogens with zero attached hydrogens (tertiary/aromatic N) is 2. The summed E-state index contributed by atoms with van der Waals surface area (Å²) in [5, 5.41) is 7.71. The molecule has 6 heteroatoms. The first-order chi connectivity index (χ1) is 13.2. The Bertz CT molecular complexity index is 809. The Labute approximate surface area is 160 Å². The number of para-hydroxylation sites is 1. The van der Waals surface area contributed by atoms with Gasteiger partial charge in [0.15, 0.2) is 5.96 Å². The molecule has 2 fully saturated rings. The number of likely N-dealkylation sites (tertiary alicyclic amines) is 1. The molecule has 2 aromatic rings. The molecular weight excluding hydrogens is 338 g/mol. The SMILES string of the molecule is CCNC(=NCCc1cc2ccccc2[nH]1)N1CCCC2(CNC(=O)C2)C1. The van der Waals surface area contributed by atoms with Crippen LogP contribution < -0.4 is 10.6 Å². The summed E-state index contributed by atoms with van der Waals surface area (Å²) >= 11 is 0. The number of carbonyl (C=O) groups excluding carboxylic acids is 1. The van der Waals surface area contributed by atoms with Gasteiger partial charge in [-0.2, -0.15) is 0 Å². The van der Waals surface area contributed by atoms with Gasteiger partial charge in [0.05, 0.1) is 0 Å². The molecule has 4 rings (SSSR count). The van der Waals surface area contributed by atoms with Gasteiger partial charge in [-0.05, 0) is 37.3 Å². The first-order valence-corrected chi connectivity index (χ1v) is 10.0. The molecule has 1 unspecified atom stereocenters. The van der Waals surface area contributed by atoms with E-state index < -0.39 is 0 Å². The van der Waals surface area contributed by atoms with Crippen LogP contribution in [-0.2, 0) is 11.2 Å². The molecule has 0 saturated carbocycles. The van der Waals surface area contributed by atoms with E-state index in [1.54, 1.807) is 0 Å². The summed E-state index contributed by atoms with van der Waals surface area (Å²) in [6.07, 6.45) is 3.78. The molecule has 1 aromatic heterocycles. The van der Waals surface area contributed by atoms with Gasteiger partial charge in [0.1, 0.15) is 0 Å². The quantitative estimate of drug-likeness (QED) is 0.573. The Morgan fingerprint density at radius 1 is 1.37 bits per heavy atom. The lowest BCUT2D eigenvalue weighted by Gasteiger charge is -2.40. The highest BCUT2D eigenvalue weighted by Crippen LogP contribution is 2.36. The standard InChI is InChI=1S/C21H29N5O/c1-2-22-20(26-11-5-9-21(15-26)13-19(27)24-14-21)23-10-8-17-12-16-6-3-4-7-18(16)25-17/h3-4,6-7,12,25H,2,5,8-11,13-15H2,1H3,(H,22,23)(H,24,27). The molecule has 2 aliphatic rings. The van der Waals surface area contributed by atoms with Gasteiger partial charge in [0.2, 0.25) is 5.91 Å². The van der Waals surface area contributed by atoms with E-state index in [0.717, 1.165) is 57.9 Å². The van der Waals surface area contributed by atoms with Crippen LogP contribution in [0.4, 0.5) is 0 Å². The predicted molar refractivity (Wildman–Crippen MR) is 109 cm³/mol. The van der Waals surface area contributed by atoms with Crippen LogP contribution in [0.3, 0.4) is 0 Å². The van der Waals surface area contributed by atoms with Crippen LogP contribution in [0.25, 0.3) is 10.9 Å². The fourth-order valence-corrected chi connectivity index (χ4v) is 4.41. The van der Waals surface area contributed by atoms with Crippen LogP contribution in [0.2, 0.25) is 0 Å². The normalized spacial score (nSPS) is 23.2. The third-order valence-electron chi connectivity index (χ3n) is 5.72. The Morgan fingerprint density at radius 3 is 3.04 bits per heavy atom. The number of H-pyrrole nitrogens is 1. The largest absolute Gasteiger partial charge is 0.358 e. The first kappa shape index (κ1) is 17.9. The minimum absolute atomic E-state index is 0.0860. The van der Waals surface area contributed by atoms with E-state index in [1.807, 2.05) is 0 Å². The number of nitrogens with one attached hydrogen (secondary N) is 3. The molecule has 0 bridgehead atoms. The van der Waals surface area contributed by atoms with Crippen LogP contribution in [-0.4, -0.2) is 54.5 Å². The van der Waals surface area contributed by atoms with Gasteiger partial charge < -0.3 is 20.5 Å². The van der Waals surface area contributed by atoms with E-state index in [9.17, 15) is 4.79 Å². The minimum Gasteiger partial charge on any atom is -0.358 e. The zero-order valence-electron chi connectivity index (χ0n) is 16.1. The molecule has 1 aromatic carbocycles. The lowest BCUT2D eigenvalue weighted by molar-refractivity contribution is -0.119. The minimum atomic E-state index is 0.0860.